The third-order valence-electron chi connectivity index (χ3n) is 2.46. The molecular formula is C8H20Cl2N2. The van der Waals surface area contributed by atoms with Gasteiger partial charge in [0.25, 0.3) is 0 Å². The summed E-state index contributed by atoms with van der Waals surface area (Å²) in [5, 5.41) is 0. The first-order valence-electron chi connectivity index (χ1n) is 4.05. The lowest BCUT2D eigenvalue weighted by Crippen LogP contribution is -2.43. The Balaban J connectivity index is 0. The fourth-order valence-corrected chi connectivity index (χ4v) is 1.75. The summed E-state index contributed by atoms with van der Waals surface area (Å²) in [6.45, 7) is 5.53. The lowest BCUT2D eigenvalue weighted by Gasteiger charge is -2.37. The molecule has 76 valence electrons. The van der Waals surface area contributed by atoms with Crippen LogP contribution in [0.5, 0.6) is 0 Å². The molecule has 0 amide bonds. The van der Waals surface area contributed by atoms with Gasteiger partial charge in [0, 0.05) is 6.54 Å². The van der Waals surface area contributed by atoms with Crippen LogP contribution in [0.3, 0.4) is 0 Å². The SMILES string of the molecule is CN1CCCC(C)(CN)C1.Cl.Cl. The fraction of sp³-hybridized carbons (Fsp3) is 1.00. The van der Waals surface area contributed by atoms with Crippen LogP contribution in [0.4, 0.5) is 0 Å². The molecule has 1 saturated heterocycles. The van der Waals surface area contributed by atoms with Crippen molar-refractivity contribution >= 4 is 24.8 Å². The molecule has 2 N–H and O–H groups in total. The van der Waals surface area contributed by atoms with Gasteiger partial charge in [0.15, 0.2) is 0 Å². The summed E-state index contributed by atoms with van der Waals surface area (Å²) in [5.74, 6) is 0. The summed E-state index contributed by atoms with van der Waals surface area (Å²) in [5.41, 5.74) is 6.07. The van der Waals surface area contributed by atoms with Gasteiger partial charge in [0.2, 0.25) is 0 Å². The molecule has 1 aliphatic rings. The van der Waals surface area contributed by atoms with Crippen LogP contribution in [0.15, 0.2) is 0 Å². The standard InChI is InChI=1S/C8H18N2.2ClH/c1-8(6-9)4-3-5-10(2)7-8;;/h3-7,9H2,1-2H3;2*1H. The Morgan fingerprint density at radius 3 is 2.33 bits per heavy atom. The van der Waals surface area contributed by atoms with Crippen LogP contribution in [-0.4, -0.2) is 31.6 Å². The van der Waals surface area contributed by atoms with E-state index in [0.29, 0.717) is 5.41 Å². The molecule has 1 aliphatic heterocycles. The van der Waals surface area contributed by atoms with E-state index in [4.69, 9.17) is 5.73 Å². The number of rotatable bonds is 1. The highest BCUT2D eigenvalue weighted by molar-refractivity contribution is 5.85. The number of nitrogens with two attached hydrogens (primary N) is 1. The van der Waals surface area contributed by atoms with Crippen molar-refractivity contribution in [3.8, 4) is 0 Å². The first kappa shape index (κ1) is 15.0. The molecule has 1 heterocycles. The highest BCUT2D eigenvalue weighted by Gasteiger charge is 2.27. The molecule has 1 unspecified atom stereocenters. The summed E-state index contributed by atoms with van der Waals surface area (Å²) in [6.07, 6.45) is 2.61. The molecule has 12 heavy (non-hydrogen) atoms. The number of piperidine rings is 1. The van der Waals surface area contributed by atoms with Crippen LogP contribution >= 0.6 is 24.8 Å². The third-order valence-corrected chi connectivity index (χ3v) is 2.46. The van der Waals surface area contributed by atoms with Crippen LogP contribution < -0.4 is 5.73 Å². The fourth-order valence-electron chi connectivity index (χ4n) is 1.75. The average molecular weight is 215 g/mol. The zero-order valence-corrected chi connectivity index (χ0v) is 9.51. The van der Waals surface area contributed by atoms with E-state index in [1.807, 2.05) is 0 Å². The van der Waals surface area contributed by atoms with E-state index in [1.54, 1.807) is 0 Å². The van der Waals surface area contributed by atoms with Crippen LogP contribution in [0.25, 0.3) is 0 Å². The van der Waals surface area contributed by atoms with Crippen LogP contribution in [0.1, 0.15) is 19.8 Å². The molecule has 0 aromatic carbocycles. The molecule has 0 aromatic rings. The minimum absolute atomic E-state index is 0. The molecule has 0 spiro atoms. The monoisotopic (exact) mass is 214 g/mol. The maximum Gasteiger partial charge on any atom is 0.00444 e. The van der Waals surface area contributed by atoms with Gasteiger partial charge >= 0.3 is 0 Å². The molecule has 0 aliphatic carbocycles. The molecule has 1 rings (SSSR count). The molecule has 2 nitrogen and oxygen atoms in total. The zero-order chi connectivity index (χ0) is 7.61. The van der Waals surface area contributed by atoms with E-state index < -0.39 is 0 Å². The predicted molar refractivity (Wildman–Crippen MR) is 58.4 cm³/mol. The lowest BCUT2D eigenvalue weighted by molar-refractivity contribution is 0.133. The van der Waals surface area contributed by atoms with E-state index in [1.165, 1.54) is 25.9 Å². The Hall–Kier alpha value is 0.500. The van der Waals surface area contributed by atoms with Gasteiger partial charge in [-0.1, -0.05) is 6.92 Å². The van der Waals surface area contributed by atoms with Gasteiger partial charge in [-0.3, -0.25) is 0 Å². The minimum atomic E-state index is 0. The second-order valence-electron chi connectivity index (χ2n) is 3.86. The Morgan fingerprint density at radius 1 is 1.42 bits per heavy atom. The Labute approximate surface area is 87.7 Å². The van der Waals surface area contributed by atoms with Crippen molar-refractivity contribution in [2.24, 2.45) is 11.1 Å². The van der Waals surface area contributed by atoms with Crippen LogP contribution in [0.2, 0.25) is 0 Å². The molecule has 0 radical (unpaired) electrons. The highest BCUT2D eigenvalue weighted by atomic mass is 35.5. The van der Waals surface area contributed by atoms with Crippen LogP contribution in [-0.2, 0) is 0 Å². The van der Waals surface area contributed by atoms with Gasteiger partial charge in [-0.25, -0.2) is 0 Å². The van der Waals surface area contributed by atoms with Crippen molar-refractivity contribution in [3.63, 3.8) is 0 Å². The lowest BCUT2D eigenvalue weighted by atomic mass is 9.82. The van der Waals surface area contributed by atoms with Crippen molar-refractivity contribution in [1.82, 2.24) is 4.90 Å². The van der Waals surface area contributed by atoms with Crippen molar-refractivity contribution in [2.75, 3.05) is 26.7 Å². The van der Waals surface area contributed by atoms with Crippen molar-refractivity contribution < 1.29 is 0 Å². The zero-order valence-electron chi connectivity index (χ0n) is 7.88. The first-order valence-corrected chi connectivity index (χ1v) is 4.05. The Bertz CT molecular complexity index is 122. The molecule has 1 atom stereocenters. The Morgan fingerprint density at radius 2 is 2.00 bits per heavy atom. The summed E-state index contributed by atoms with van der Waals surface area (Å²) < 4.78 is 0. The van der Waals surface area contributed by atoms with Crippen LogP contribution in [0, 0.1) is 5.41 Å². The van der Waals surface area contributed by atoms with Gasteiger partial charge in [-0.05, 0) is 38.4 Å². The normalized spacial score (nSPS) is 30.2. The van der Waals surface area contributed by atoms with Gasteiger partial charge in [-0.2, -0.15) is 0 Å². The number of nitrogens with zero attached hydrogens (tertiary/aromatic N) is 1. The largest absolute Gasteiger partial charge is 0.330 e. The quantitative estimate of drug-likeness (QED) is 0.718. The van der Waals surface area contributed by atoms with E-state index in [0.717, 1.165) is 6.54 Å². The van der Waals surface area contributed by atoms with E-state index in [2.05, 4.69) is 18.9 Å². The number of halogens is 2. The molecule has 4 heteroatoms. The maximum absolute atomic E-state index is 5.67. The second-order valence-corrected chi connectivity index (χ2v) is 3.86. The highest BCUT2D eigenvalue weighted by Crippen LogP contribution is 2.26. The first-order chi connectivity index (χ1) is 4.66. The van der Waals surface area contributed by atoms with E-state index >= 15 is 0 Å². The molecule has 0 saturated carbocycles. The minimum Gasteiger partial charge on any atom is -0.330 e. The summed E-state index contributed by atoms with van der Waals surface area (Å²) in [6, 6.07) is 0. The van der Waals surface area contributed by atoms with Crippen molar-refractivity contribution in [1.29, 1.82) is 0 Å². The molecule has 0 aromatic heterocycles. The van der Waals surface area contributed by atoms with Gasteiger partial charge in [0.1, 0.15) is 0 Å². The predicted octanol–water partition coefficient (Wildman–Crippen LogP) is 1.52. The number of hydrogen-bond donors (Lipinski definition) is 1. The average Bonchev–Trinajstić information content (AvgIpc) is 1.88. The van der Waals surface area contributed by atoms with Gasteiger partial charge in [0.05, 0.1) is 0 Å². The number of likely N-dealkylation sites (tertiary alicyclic amines) is 1. The molecular weight excluding hydrogens is 195 g/mol. The third kappa shape index (κ3) is 3.94. The molecule has 0 bridgehead atoms. The van der Waals surface area contributed by atoms with Gasteiger partial charge < -0.3 is 10.6 Å². The topological polar surface area (TPSA) is 29.3 Å². The van der Waals surface area contributed by atoms with E-state index in [-0.39, 0.29) is 24.8 Å². The maximum atomic E-state index is 5.67. The summed E-state index contributed by atoms with van der Waals surface area (Å²) in [7, 11) is 2.17. The number of hydrogen-bond acceptors (Lipinski definition) is 2. The van der Waals surface area contributed by atoms with E-state index in [9.17, 15) is 0 Å². The Kier molecular flexibility index (Phi) is 7.54. The van der Waals surface area contributed by atoms with Crippen molar-refractivity contribution in [3.05, 3.63) is 0 Å². The van der Waals surface area contributed by atoms with Crippen molar-refractivity contribution in [2.45, 2.75) is 19.8 Å². The molecule has 1 fully saturated rings. The second kappa shape index (κ2) is 6.03. The smallest absolute Gasteiger partial charge is 0.00444 e. The summed E-state index contributed by atoms with van der Waals surface area (Å²) >= 11 is 0. The summed E-state index contributed by atoms with van der Waals surface area (Å²) in [4.78, 5) is 2.37. The van der Waals surface area contributed by atoms with Gasteiger partial charge in [-0.15, -0.1) is 24.8 Å².